The van der Waals surface area contributed by atoms with Gasteiger partial charge in [0, 0.05) is 12.8 Å². The minimum absolute atomic E-state index is 0.259. The number of likely N-dealkylation sites (N-methyl/N-ethyl adjacent to an activating group) is 1. The van der Waals surface area contributed by atoms with Gasteiger partial charge in [-0.15, -0.1) is 10.2 Å². The van der Waals surface area contributed by atoms with Crippen LogP contribution in [0.3, 0.4) is 0 Å². The van der Waals surface area contributed by atoms with Gasteiger partial charge in [-0.05, 0) is 13.0 Å². The molecule has 6 nitrogen and oxygen atoms in total. The van der Waals surface area contributed by atoms with Crippen LogP contribution in [0.25, 0.3) is 0 Å². The molecule has 1 unspecified atom stereocenters. The van der Waals surface area contributed by atoms with E-state index < -0.39 is 0 Å². The Kier molecular flexibility index (Phi) is 5.27. The van der Waals surface area contributed by atoms with E-state index in [1.54, 1.807) is 18.1 Å². The zero-order valence-corrected chi connectivity index (χ0v) is 10.3. The molecule has 0 bridgehead atoms. The summed E-state index contributed by atoms with van der Waals surface area (Å²) in [6, 6.07) is -0.259. The third kappa shape index (κ3) is 3.82. The van der Waals surface area contributed by atoms with Gasteiger partial charge in [0.05, 0.1) is 6.04 Å². The first kappa shape index (κ1) is 13.0. The fourth-order valence-corrected chi connectivity index (χ4v) is 2.15. The summed E-state index contributed by atoms with van der Waals surface area (Å²) in [5.41, 5.74) is 5.27. The van der Waals surface area contributed by atoms with Crippen molar-refractivity contribution in [2.24, 2.45) is 12.8 Å². The van der Waals surface area contributed by atoms with Crippen molar-refractivity contribution in [1.82, 2.24) is 20.1 Å². The van der Waals surface area contributed by atoms with Crippen LogP contribution in [0.15, 0.2) is 11.5 Å². The van der Waals surface area contributed by atoms with Crippen LogP contribution < -0.4 is 11.1 Å². The molecule has 1 aromatic rings. The second-order valence-corrected chi connectivity index (χ2v) is 4.44. The number of rotatable bonds is 7. The van der Waals surface area contributed by atoms with Gasteiger partial charge in [-0.1, -0.05) is 18.7 Å². The minimum Gasteiger partial charge on any atom is -0.368 e. The van der Waals surface area contributed by atoms with Crippen LogP contribution in [0.4, 0.5) is 0 Å². The normalized spacial score (nSPS) is 12.6. The van der Waals surface area contributed by atoms with Crippen LogP contribution >= 0.6 is 11.8 Å². The van der Waals surface area contributed by atoms with Crippen molar-refractivity contribution in [3.8, 4) is 0 Å². The molecule has 0 spiro atoms. The molecule has 1 amide bonds. The zero-order chi connectivity index (χ0) is 12.0. The highest BCUT2D eigenvalue weighted by Crippen LogP contribution is 2.15. The number of aryl methyl sites for hydroxylation is 1. The van der Waals surface area contributed by atoms with Gasteiger partial charge >= 0.3 is 0 Å². The van der Waals surface area contributed by atoms with Gasteiger partial charge in [0.15, 0.2) is 5.16 Å². The van der Waals surface area contributed by atoms with Gasteiger partial charge in [0.1, 0.15) is 6.33 Å². The van der Waals surface area contributed by atoms with Crippen LogP contribution in [0, 0.1) is 0 Å². The zero-order valence-electron chi connectivity index (χ0n) is 9.51. The summed E-state index contributed by atoms with van der Waals surface area (Å²) in [6.07, 6.45) is 2.35. The summed E-state index contributed by atoms with van der Waals surface area (Å²) in [7, 11) is 1.89. The van der Waals surface area contributed by atoms with E-state index in [2.05, 4.69) is 15.5 Å². The Morgan fingerprint density at radius 3 is 3.00 bits per heavy atom. The van der Waals surface area contributed by atoms with E-state index >= 15 is 0 Å². The summed E-state index contributed by atoms with van der Waals surface area (Å²) in [5.74, 6) is 0.480. The van der Waals surface area contributed by atoms with Crippen LogP contribution in [0.1, 0.15) is 13.3 Å². The van der Waals surface area contributed by atoms with Crippen molar-refractivity contribution in [2.45, 2.75) is 24.5 Å². The maximum atomic E-state index is 11.1. The van der Waals surface area contributed by atoms with Crippen LogP contribution in [-0.4, -0.2) is 39.0 Å². The van der Waals surface area contributed by atoms with Gasteiger partial charge in [-0.3, -0.25) is 4.79 Å². The molecule has 0 aromatic carbocycles. The van der Waals surface area contributed by atoms with Crippen molar-refractivity contribution in [3.05, 3.63) is 6.33 Å². The molecular formula is C9H17N5OS. The molecule has 0 fully saturated rings. The molecule has 90 valence electrons. The van der Waals surface area contributed by atoms with Gasteiger partial charge in [0.25, 0.3) is 0 Å². The number of thioether (sulfide) groups is 1. The first-order valence-corrected chi connectivity index (χ1v) is 6.13. The molecule has 1 rings (SSSR count). The highest BCUT2D eigenvalue weighted by Gasteiger charge is 2.13. The molecule has 0 aliphatic rings. The van der Waals surface area contributed by atoms with Crippen molar-refractivity contribution >= 4 is 17.7 Å². The third-order valence-corrected chi connectivity index (χ3v) is 3.17. The number of aromatic nitrogens is 3. The van der Waals surface area contributed by atoms with E-state index in [9.17, 15) is 4.79 Å². The highest BCUT2D eigenvalue weighted by molar-refractivity contribution is 7.99. The van der Waals surface area contributed by atoms with E-state index in [4.69, 9.17) is 5.73 Å². The number of carbonyl (C=O) groups is 1. The fourth-order valence-electron chi connectivity index (χ4n) is 1.26. The largest absolute Gasteiger partial charge is 0.368 e. The minimum atomic E-state index is -0.305. The Morgan fingerprint density at radius 1 is 1.75 bits per heavy atom. The molecule has 16 heavy (non-hydrogen) atoms. The number of hydrogen-bond donors (Lipinski definition) is 2. The fraction of sp³-hybridized carbons (Fsp3) is 0.667. The summed E-state index contributed by atoms with van der Waals surface area (Å²) in [5, 5.41) is 11.6. The second-order valence-electron chi connectivity index (χ2n) is 3.37. The van der Waals surface area contributed by atoms with E-state index in [-0.39, 0.29) is 11.9 Å². The van der Waals surface area contributed by atoms with Crippen molar-refractivity contribution in [1.29, 1.82) is 0 Å². The second kappa shape index (κ2) is 6.49. The Balaban J connectivity index is 2.33. The predicted molar refractivity (Wildman–Crippen MR) is 63.0 cm³/mol. The Labute approximate surface area is 99.0 Å². The van der Waals surface area contributed by atoms with E-state index in [1.807, 2.05) is 18.5 Å². The number of hydrogen-bond acceptors (Lipinski definition) is 5. The summed E-state index contributed by atoms with van der Waals surface area (Å²) >= 11 is 1.57. The summed E-state index contributed by atoms with van der Waals surface area (Å²) < 4.78 is 1.84. The Hall–Kier alpha value is -1.08. The molecule has 7 heteroatoms. The van der Waals surface area contributed by atoms with Crippen molar-refractivity contribution in [2.75, 3.05) is 12.3 Å². The molecule has 0 aliphatic carbocycles. The lowest BCUT2D eigenvalue weighted by molar-refractivity contribution is -0.120. The lowest BCUT2D eigenvalue weighted by Crippen LogP contribution is -2.41. The molecule has 0 radical (unpaired) electrons. The third-order valence-electron chi connectivity index (χ3n) is 2.10. The smallest absolute Gasteiger partial charge is 0.234 e. The lowest BCUT2D eigenvalue weighted by Gasteiger charge is -2.13. The molecular weight excluding hydrogens is 226 g/mol. The Morgan fingerprint density at radius 2 is 2.50 bits per heavy atom. The van der Waals surface area contributed by atoms with Crippen molar-refractivity contribution in [3.63, 3.8) is 0 Å². The monoisotopic (exact) mass is 243 g/mol. The molecule has 0 saturated carbocycles. The SMILES string of the molecule is CCNC(CCSc1nncn1C)C(N)=O. The molecule has 0 aliphatic heterocycles. The molecule has 0 saturated heterocycles. The molecule has 1 aromatic heterocycles. The molecule has 3 N–H and O–H groups in total. The van der Waals surface area contributed by atoms with E-state index in [1.165, 1.54) is 0 Å². The molecule has 1 atom stereocenters. The van der Waals surface area contributed by atoms with Crippen LogP contribution in [0.5, 0.6) is 0 Å². The van der Waals surface area contributed by atoms with E-state index in [0.717, 1.165) is 17.5 Å². The first-order chi connectivity index (χ1) is 7.65. The lowest BCUT2D eigenvalue weighted by atomic mass is 10.2. The maximum absolute atomic E-state index is 11.1. The van der Waals surface area contributed by atoms with Crippen LogP contribution in [0.2, 0.25) is 0 Å². The van der Waals surface area contributed by atoms with Gasteiger partial charge < -0.3 is 15.6 Å². The van der Waals surface area contributed by atoms with E-state index in [0.29, 0.717) is 6.42 Å². The van der Waals surface area contributed by atoms with Gasteiger partial charge in [0.2, 0.25) is 5.91 Å². The van der Waals surface area contributed by atoms with Gasteiger partial charge in [-0.25, -0.2) is 0 Å². The van der Waals surface area contributed by atoms with Crippen LogP contribution in [-0.2, 0) is 11.8 Å². The summed E-state index contributed by atoms with van der Waals surface area (Å²) in [6.45, 7) is 2.69. The Bertz CT molecular complexity index is 340. The number of amides is 1. The number of primary amides is 1. The predicted octanol–water partition coefficient (Wildman–Crippen LogP) is -0.239. The topological polar surface area (TPSA) is 85.8 Å². The maximum Gasteiger partial charge on any atom is 0.234 e. The average molecular weight is 243 g/mol. The first-order valence-electron chi connectivity index (χ1n) is 5.14. The average Bonchev–Trinajstić information content (AvgIpc) is 2.63. The number of nitrogens with two attached hydrogens (primary N) is 1. The van der Waals surface area contributed by atoms with Crippen molar-refractivity contribution < 1.29 is 4.79 Å². The number of nitrogens with one attached hydrogen (secondary N) is 1. The highest BCUT2D eigenvalue weighted by atomic mass is 32.2. The number of carbonyl (C=O) groups excluding carboxylic acids is 1. The van der Waals surface area contributed by atoms with Gasteiger partial charge in [-0.2, -0.15) is 0 Å². The number of nitrogens with zero attached hydrogens (tertiary/aromatic N) is 3. The standard InChI is InChI=1S/C9H17N5OS/c1-3-11-7(8(10)15)4-5-16-9-13-12-6-14(9)2/h6-7,11H,3-5H2,1-2H3,(H2,10,15). The molecule has 1 heterocycles. The summed E-state index contributed by atoms with van der Waals surface area (Å²) in [4.78, 5) is 11.1. The quantitative estimate of drug-likeness (QED) is 0.646.